The van der Waals surface area contributed by atoms with Crippen LogP contribution < -0.4 is 5.32 Å². The SMILES string of the molecule is CC(C)(C)OC(=O)N[C@@H](Cc1ccc(O)cc1)[C@@H]1CCC(=O)O1. The quantitative estimate of drug-likeness (QED) is 0.833. The maximum absolute atomic E-state index is 12.0. The number of rotatable bonds is 4. The number of hydrogen-bond donors (Lipinski definition) is 2. The van der Waals surface area contributed by atoms with E-state index in [0.717, 1.165) is 5.56 Å². The lowest BCUT2D eigenvalue weighted by atomic mass is 9.99. The van der Waals surface area contributed by atoms with Crippen molar-refractivity contribution < 1.29 is 24.2 Å². The number of hydrogen-bond acceptors (Lipinski definition) is 5. The van der Waals surface area contributed by atoms with Gasteiger partial charge in [-0.3, -0.25) is 4.79 Å². The molecule has 1 aromatic carbocycles. The molecule has 6 heteroatoms. The van der Waals surface area contributed by atoms with Crippen LogP contribution in [-0.4, -0.2) is 34.9 Å². The van der Waals surface area contributed by atoms with Crippen LogP contribution in [0.4, 0.5) is 4.79 Å². The third-order valence-corrected chi connectivity index (χ3v) is 3.46. The fourth-order valence-corrected chi connectivity index (χ4v) is 2.45. The molecule has 0 saturated carbocycles. The molecule has 23 heavy (non-hydrogen) atoms. The molecule has 1 amide bonds. The summed E-state index contributed by atoms with van der Waals surface area (Å²) >= 11 is 0. The van der Waals surface area contributed by atoms with Gasteiger partial charge < -0.3 is 19.9 Å². The Kier molecular flexibility index (Phi) is 5.13. The summed E-state index contributed by atoms with van der Waals surface area (Å²) in [6.45, 7) is 5.37. The van der Waals surface area contributed by atoms with Crippen molar-refractivity contribution in [3.8, 4) is 5.75 Å². The van der Waals surface area contributed by atoms with Crippen LogP contribution in [0.1, 0.15) is 39.2 Å². The van der Waals surface area contributed by atoms with E-state index in [1.54, 1.807) is 45.0 Å². The lowest BCUT2D eigenvalue weighted by Crippen LogP contribution is -2.46. The van der Waals surface area contributed by atoms with E-state index in [0.29, 0.717) is 19.3 Å². The molecule has 0 spiro atoms. The standard InChI is InChI=1S/C17H23NO5/c1-17(2,3)23-16(21)18-13(14-8-9-15(20)22-14)10-11-4-6-12(19)7-5-11/h4-7,13-14,19H,8-10H2,1-3H3,(H,18,21)/t13-,14-/m0/s1. The predicted octanol–water partition coefficient (Wildman–Crippen LogP) is 2.53. The molecule has 2 rings (SSSR count). The zero-order valence-corrected chi connectivity index (χ0v) is 13.7. The van der Waals surface area contributed by atoms with Gasteiger partial charge in [-0.05, 0) is 51.3 Å². The maximum atomic E-state index is 12.0. The molecule has 1 aromatic rings. The van der Waals surface area contributed by atoms with Crippen molar-refractivity contribution in [3.05, 3.63) is 29.8 Å². The molecule has 2 atom stereocenters. The highest BCUT2D eigenvalue weighted by molar-refractivity contribution is 5.72. The van der Waals surface area contributed by atoms with E-state index in [1.165, 1.54) is 0 Å². The second kappa shape index (κ2) is 6.89. The number of phenolic OH excluding ortho intramolecular Hbond substituents is 1. The molecular weight excluding hydrogens is 298 g/mol. The Balaban J connectivity index is 2.06. The number of amides is 1. The van der Waals surface area contributed by atoms with E-state index < -0.39 is 11.7 Å². The molecule has 0 aliphatic carbocycles. The van der Waals surface area contributed by atoms with Gasteiger partial charge in [0.25, 0.3) is 0 Å². The second-order valence-corrected chi connectivity index (χ2v) is 6.69. The monoisotopic (exact) mass is 321 g/mol. The average Bonchev–Trinajstić information content (AvgIpc) is 2.85. The van der Waals surface area contributed by atoms with E-state index in [-0.39, 0.29) is 23.9 Å². The number of aromatic hydroxyl groups is 1. The van der Waals surface area contributed by atoms with Crippen LogP contribution in [0.15, 0.2) is 24.3 Å². The van der Waals surface area contributed by atoms with Crippen LogP contribution in [0.2, 0.25) is 0 Å². The molecule has 126 valence electrons. The number of ether oxygens (including phenoxy) is 2. The molecule has 6 nitrogen and oxygen atoms in total. The first-order valence-electron chi connectivity index (χ1n) is 7.70. The fourth-order valence-electron chi connectivity index (χ4n) is 2.45. The highest BCUT2D eigenvalue weighted by Gasteiger charge is 2.33. The molecule has 0 aromatic heterocycles. The summed E-state index contributed by atoms with van der Waals surface area (Å²) in [6, 6.07) is 6.34. The van der Waals surface area contributed by atoms with Crippen molar-refractivity contribution in [1.29, 1.82) is 0 Å². The fraction of sp³-hybridized carbons (Fsp3) is 0.529. The molecule has 0 radical (unpaired) electrons. The first-order chi connectivity index (χ1) is 10.7. The lowest BCUT2D eigenvalue weighted by Gasteiger charge is -2.26. The smallest absolute Gasteiger partial charge is 0.408 e. The normalized spacial score (nSPS) is 19.1. The van der Waals surface area contributed by atoms with E-state index in [1.807, 2.05) is 0 Å². The molecule has 1 fully saturated rings. The van der Waals surface area contributed by atoms with Gasteiger partial charge in [-0.15, -0.1) is 0 Å². The number of cyclic esters (lactones) is 1. The summed E-state index contributed by atoms with van der Waals surface area (Å²) in [5, 5.41) is 12.1. The van der Waals surface area contributed by atoms with Gasteiger partial charge in [0.2, 0.25) is 0 Å². The van der Waals surface area contributed by atoms with E-state index in [9.17, 15) is 14.7 Å². The van der Waals surface area contributed by atoms with E-state index in [2.05, 4.69) is 5.32 Å². The number of nitrogens with one attached hydrogen (secondary N) is 1. The number of carbonyl (C=O) groups is 2. The highest BCUT2D eigenvalue weighted by Crippen LogP contribution is 2.21. The van der Waals surface area contributed by atoms with Gasteiger partial charge in [-0.2, -0.15) is 0 Å². The minimum atomic E-state index is -0.598. The van der Waals surface area contributed by atoms with E-state index in [4.69, 9.17) is 9.47 Å². The van der Waals surface area contributed by atoms with Crippen molar-refractivity contribution in [3.63, 3.8) is 0 Å². The zero-order valence-electron chi connectivity index (χ0n) is 13.7. The zero-order chi connectivity index (χ0) is 17.0. The van der Waals surface area contributed by atoms with Crippen LogP contribution in [0.5, 0.6) is 5.75 Å². The molecule has 1 heterocycles. The number of carbonyl (C=O) groups excluding carboxylic acids is 2. The Labute approximate surface area is 135 Å². The number of benzene rings is 1. The van der Waals surface area contributed by atoms with Crippen LogP contribution in [0.25, 0.3) is 0 Å². The molecule has 1 aliphatic heterocycles. The second-order valence-electron chi connectivity index (χ2n) is 6.69. The number of esters is 1. The molecule has 1 aliphatic rings. The van der Waals surface area contributed by atoms with Gasteiger partial charge in [0.1, 0.15) is 17.5 Å². The summed E-state index contributed by atoms with van der Waals surface area (Å²) in [5.74, 6) is -0.0746. The van der Waals surface area contributed by atoms with Gasteiger partial charge >= 0.3 is 12.1 Å². The Morgan fingerprint density at radius 2 is 2.04 bits per heavy atom. The first kappa shape index (κ1) is 17.1. The van der Waals surface area contributed by atoms with Gasteiger partial charge in [0.15, 0.2) is 0 Å². The minimum Gasteiger partial charge on any atom is -0.508 e. The Morgan fingerprint density at radius 1 is 1.39 bits per heavy atom. The molecule has 0 unspecified atom stereocenters. The summed E-state index contributed by atoms with van der Waals surface area (Å²) in [7, 11) is 0. The van der Waals surface area contributed by atoms with Gasteiger partial charge in [0.05, 0.1) is 6.04 Å². The Morgan fingerprint density at radius 3 is 2.57 bits per heavy atom. The van der Waals surface area contributed by atoms with Crippen molar-refractivity contribution in [2.24, 2.45) is 0 Å². The average molecular weight is 321 g/mol. The van der Waals surface area contributed by atoms with Crippen molar-refractivity contribution >= 4 is 12.1 Å². The van der Waals surface area contributed by atoms with Gasteiger partial charge in [-0.1, -0.05) is 12.1 Å². The summed E-state index contributed by atoms with van der Waals surface area (Å²) in [5.41, 5.74) is 0.325. The molecule has 2 N–H and O–H groups in total. The predicted molar refractivity (Wildman–Crippen MR) is 84.1 cm³/mol. The molecule has 0 bridgehead atoms. The Hall–Kier alpha value is -2.24. The largest absolute Gasteiger partial charge is 0.508 e. The third kappa shape index (κ3) is 5.47. The van der Waals surface area contributed by atoms with Crippen LogP contribution in [-0.2, 0) is 20.7 Å². The van der Waals surface area contributed by atoms with Crippen LogP contribution in [0, 0.1) is 0 Å². The van der Waals surface area contributed by atoms with Gasteiger partial charge in [-0.25, -0.2) is 4.79 Å². The number of phenols is 1. The first-order valence-corrected chi connectivity index (χ1v) is 7.70. The van der Waals surface area contributed by atoms with Crippen LogP contribution in [0.3, 0.4) is 0 Å². The summed E-state index contributed by atoms with van der Waals surface area (Å²) in [4.78, 5) is 23.4. The van der Waals surface area contributed by atoms with Crippen molar-refractivity contribution in [2.45, 2.75) is 57.8 Å². The minimum absolute atomic E-state index is 0.178. The topological polar surface area (TPSA) is 84.9 Å². The summed E-state index contributed by atoms with van der Waals surface area (Å²) in [6.07, 6.45) is 0.495. The van der Waals surface area contributed by atoms with E-state index >= 15 is 0 Å². The lowest BCUT2D eigenvalue weighted by molar-refractivity contribution is -0.142. The number of alkyl carbamates (subject to hydrolysis) is 1. The third-order valence-electron chi connectivity index (χ3n) is 3.46. The van der Waals surface area contributed by atoms with Crippen LogP contribution >= 0.6 is 0 Å². The molecular formula is C17H23NO5. The van der Waals surface area contributed by atoms with Crippen molar-refractivity contribution in [1.82, 2.24) is 5.32 Å². The molecule has 1 saturated heterocycles. The van der Waals surface area contributed by atoms with Gasteiger partial charge in [0, 0.05) is 6.42 Å². The Bertz CT molecular complexity index is 561. The highest BCUT2D eigenvalue weighted by atomic mass is 16.6. The van der Waals surface area contributed by atoms with Crippen molar-refractivity contribution in [2.75, 3.05) is 0 Å². The maximum Gasteiger partial charge on any atom is 0.408 e. The summed E-state index contributed by atoms with van der Waals surface area (Å²) < 4.78 is 10.6.